The largest absolute Gasteiger partial charge is 0.488 e. The first-order chi connectivity index (χ1) is 9.60. The molecule has 0 fully saturated rings. The van der Waals surface area contributed by atoms with Crippen LogP contribution < -0.4 is 4.74 Å². The van der Waals surface area contributed by atoms with Crippen molar-refractivity contribution >= 4 is 5.71 Å². The standard InChI is InChI=1S/C15H13F2NO2/c1-10(18-19)14-4-2-3-5-15(14)20-9-11-6-12(16)8-13(17)7-11/h2-8,19H,9H2,1H3/b18-10-. The average Bonchev–Trinajstić information content (AvgIpc) is 2.43. The quantitative estimate of drug-likeness (QED) is 0.525. The van der Waals surface area contributed by atoms with Gasteiger partial charge in [0.15, 0.2) is 0 Å². The second kappa shape index (κ2) is 6.14. The number of nitrogens with zero attached hydrogens (tertiary/aromatic N) is 1. The Kier molecular flexibility index (Phi) is 4.30. The summed E-state index contributed by atoms with van der Waals surface area (Å²) >= 11 is 0. The minimum absolute atomic E-state index is 0.0183. The van der Waals surface area contributed by atoms with Crippen molar-refractivity contribution in [2.45, 2.75) is 13.5 Å². The van der Waals surface area contributed by atoms with Gasteiger partial charge in [-0.1, -0.05) is 17.3 Å². The molecule has 0 bridgehead atoms. The molecule has 0 aliphatic heterocycles. The first-order valence-electron chi connectivity index (χ1n) is 5.96. The SMILES string of the molecule is C/C(=N/O)c1ccccc1OCc1cc(F)cc(F)c1. The van der Waals surface area contributed by atoms with E-state index >= 15 is 0 Å². The third-order valence-corrected chi connectivity index (χ3v) is 2.74. The molecule has 0 aliphatic rings. The van der Waals surface area contributed by atoms with Crippen LogP contribution in [0.3, 0.4) is 0 Å². The van der Waals surface area contributed by atoms with E-state index in [1.807, 2.05) is 0 Å². The molecule has 2 aromatic carbocycles. The topological polar surface area (TPSA) is 41.8 Å². The van der Waals surface area contributed by atoms with Crippen LogP contribution >= 0.6 is 0 Å². The molecular weight excluding hydrogens is 264 g/mol. The highest BCUT2D eigenvalue weighted by Gasteiger charge is 2.07. The second-order valence-electron chi connectivity index (χ2n) is 4.25. The maximum absolute atomic E-state index is 13.1. The zero-order chi connectivity index (χ0) is 14.5. The van der Waals surface area contributed by atoms with E-state index in [0.717, 1.165) is 6.07 Å². The summed E-state index contributed by atoms with van der Waals surface area (Å²) in [5.74, 6) is -0.817. The Labute approximate surface area is 115 Å². The Morgan fingerprint density at radius 1 is 1.15 bits per heavy atom. The van der Waals surface area contributed by atoms with Gasteiger partial charge in [-0.15, -0.1) is 0 Å². The Morgan fingerprint density at radius 2 is 1.80 bits per heavy atom. The van der Waals surface area contributed by atoms with Gasteiger partial charge < -0.3 is 9.94 Å². The molecule has 0 atom stereocenters. The highest BCUT2D eigenvalue weighted by atomic mass is 19.1. The highest BCUT2D eigenvalue weighted by molar-refractivity contribution is 6.00. The van der Waals surface area contributed by atoms with E-state index in [0.29, 0.717) is 22.6 Å². The van der Waals surface area contributed by atoms with E-state index in [-0.39, 0.29) is 6.61 Å². The fourth-order valence-corrected chi connectivity index (χ4v) is 1.80. The zero-order valence-electron chi connectivity index (χ0n) is 10.8. The van der Waals surface area contributed by atoms with Gasteiger partial charge in [0.25, 0.3) is 0 Å². The lowest BCUT2D eigenvalue weighted by Crippen LogP contribution is -2.03. The minimum Gasteiger partial charge on any atom is -0.488 e. The summed E-state index contributed by atoms with van der Waals surface area (Å²) in [4.78, 5) is 0. The van der Waals surface area contributed by atoms with Crippen molar-refractivity contribution in [2.75, 3.05) is 0 Å². The van der Waals surface area contributed by atoms with Crippen LogP contribution in [0.4, 0.5) is 8.78 Å². The number of hydrogen-bond acceptors (Lipinski definition) is 3. The maximum atomic E-state index is 13.1. The number of benzene rings is 2. The molecule has 0 aliphatic carbocycles. The minimum atomic E-state index is -0.648. The summed E-state index contributed by atoms with van der Waals surface area (Å²) < 4.78 is 31.7. The van der Waals surface area contributed by atoms with Gasteiger partial charge in [-0.05, 0) is 36.8 Å². The summed E-state index contributed by atoms with van der Waals surface area (Å²) in [6, 6.07) is 10.2. The molecule has 2 rings (SSSR count). The Hall–Kier alpha value is -2.43. The van der Waals surface area contributed by atoms with E-state index in [1.54, 1.807) is 31.2 Å². The lowest BCUT2D eigenvalue weighted by Gasteiger charge is -2.10. The molecule has 1 N–H and O–H groups in total. The van der Waals surface area contributed by atoms with E-state index in [2.05, 4.69) is 5.16 Å². The van der Waals surface area contributed by atoms with E-state index in [9.17, 15) is 8.78 Å². The highest BCUT2D eigenvalue weighted by Crippen LogP contribution is 2.20. The van der Waals surface area contributed by atoms with Crippen LogP contribution in [0.25, 0.3) is 0 Å². The molecule has 2 aromatic rings. The molecule has 3 nitrogen and oxygen atoms in total. The van der Waals surface area contributed by atoms with Gasteiger partial charge in [0.05, 0.1) is 5.71 Å². The molecule has 0 saturated heterocycles. The molecule has 0 radical (unpaired) electrons. The monoisotopic (exact) mass is 277 g/mol. The fraction of sp³-hybridized carbons (Fsp3) is 0.133. The summed E-state index contributed by atoms with van der Waals surface area (Å²) in [6.07, 6.45) is 0. The fourth-order valence-electron chi connectivity index (χ4n) is 1.80. The Bertz CT molecular complexity index is 621. The van der Waals surface area contributed by atoms with Crippen LogP contribution in [0.5, 0.6) is 5.75 Å². The van der Waals surface area contributed by atoms with Crippen LogP contribution in [0.15, 0.2) is 47.6 Å². The van der Waals surface area contributed by atoms with Crippen LogP contribution in [0, 0.1) is 11.6 Å². The molecule has 0 heterocycles. The van der Waals surface area contributed by atoms with Crippen molar-refractivity contribution in [2.24, 2.45) is 5.16 Å². The van der Waals surface area contributed by atoms with Crippen LogP contribution in [-0.4, -0.2) is 10.9 Å². The maximum Gasteiger partial charge on any atom is 0.128 e. The molecule has 0 amide bonds. The number of oxime groups is 1. The first-order valence-corrected chi connectivity index (χ1v) is 5.96. The van der Waals surface area contributed by atoms with Crippen molar-refractivity contribution in [3.63, 3.8) is 0 Å². The smallest absolute Gasteiger partial charge is 0.128 e. The van der Waals surface area contributed by atoms with Crippen molar-refractivity contribution in [1.29, 1.82) is 0 Å². The van der Waals surface area contributed by atoms with Crippen molar-refractivity contribution < 1.29 is 18.7 Å². The molecule has 0 aromatic heterocycles. The van der Waals surface area contributed by atoms with Gasteiger partial charge in [0, 0.05) is 11.6 Å². The third kappa shape index (κ3) is 3.32. The number of halogens is 2. The first kappa shape index (κ1) is 14.0. The van der Waals surface area contributed by atoms with Crippen molar-refractivity contribution in [3.8, 4) is 5.75 Å². The van der Waals surface area contributed by atoms with Gasteiger partial charge in [0.2, 0.25) is 0 Å². The molecule has 20 heavy (non-hydrogen) atoms. The predicted octanol–water partition coefficient (Wildman–Crippen LogP) is 3.74. The normalized spacial score (nSPS) is 11.4. The summed E-state index contributed by atoms with van der Waals surface area (Å²) in [6.45, 7) is 1.65. The number of ether oxygens (including phenoxy) is 1. The van der Waals surface area contributed by atoms with Crippen molar-refractivity contribution in [3.05, 3.63) is 65.2 Å². The summed E-state index contributed by atoms with van der Waals surface area (Å²) in [5.41, 5.74) is 1.40. The van der Waals surface area contributed by atoms with Gasteiger partial charge in [-0.3, -0.25) is 0 Å². The molecule has 0 unspecified atom stereocenters. The molecule has 0 spiro atoms. The van der Waals surface area contributed by atoms with Gasteiger partial charge in [0.1, 0.15) is 24.0 Å². The lowest BCUT2D eigenvalue weighted by atomic mass is 10.1. The van der Waals surface area contributed by atoms with Crippen LogP contribution in [-0.2, 0) is 6.61 Å². The second-order valence-corrected chi connectivity index (χ2v) is 4.25. The predicted molar refractivity (Wildman–Crippen MR) is 71.1 cm³/mol. The molecule has 104 valence electrons. The molecule has 5 heteroatoms. The van der Waals surface area contributed by atoms with Crippen molar-refractivity contribution in [1.82, 2.24) is 0 Å². The number of para-hydroxylation sites is 1. The van der Waals surface area contributed by atoms with E-state index in [4.69, 9.17) is 9.94 Å². The zero-order valence-corrected chi connectivity index (χ0v) is 10.8. The number of hydrogen-bond donors (Lipinski definition) is 1. The lowest BCUT2D eigenvalue weighted by molar-refractivity contribution is 0.302. The average molecular weight is 277 g/mol. The van der Waals surface area contributed by atoms with E-state index in [1.165, 1.54) is 12.1 Å². The molecular formula is C15H13F2NO2. The van der Waals surface area contributed by atoms with Crippen LogP contribution in [0.1, 0.15) is 18.1 Å². The van der Waals surface area contributed by atoms with Gasteiger partial charge in [-0.25, -0.2) is 8.78 Å². The Balaban J connectivity index is 2.19. The van der Waals surface area contributed by atoms with E-state index < -0.39 is 11.6 Å². The van der Waals surface area contributed by atoms with Gasteiger partial charge in [-0.2, -0.15) is 0 Å². The Morgan fingerprint density at radius 3 is 2.45 bits per heavy atom. The number of rotatable bonds is 4. The molecule has 0 saturated carbocycles. The summed E-state index contributed by atoms with van der Waals surface area (Å²) in [7, 11) is 0. The third-order valence-electron chi connectivity index (χ3n) is 2.74. The van der Waals surface area contributed by atoms with Gasteiger partial charge >= 0.3 is 0 Å². The van der Waals surface area contributed by atoms with Crippen LogP contribution in [0.2, 0.25) is 0 Å². The summed E-state index contributed by atoms with van der Waals surface area (Å²) in [5, 5.41) is 11.9.